The number of halogens is 2. The van der Waals surface area contributed by atoms with Gasteiger partial charge in [0.05, 0.1) is 5.56 Å². The van der Waals surface area contributed by atoms with Crippen LogP contribution in [0.5, 0.6) is 0 Å². The summed E-state index contributed by atoms with van der Waals surface area (Å²) in [6, 6.07) is 4.16. The minimum absolute atomic E-state index is 0.0586. The lowest BCUT2D eigenvalue weighted by atomic mass is 10.1. The van der Waals surface area contributed by atoms with Gasteiger partial charge in [-0.1, -0.05) is 11.6 Å². The first-order chi connectivity index (χ1) is 8.49. The maximum absolute atomic E-state index is 12.0. The van der Waals surface area contributed by atoms with E-state index in [0.29, 0.717) is 10.6 Å². The van der Waals surface area contributed by atoms with Crippen LogP contribution in [0.1, 0.15) is 23.2 Å². The van der Waals surface area contributed by atoms with Gasteiger partial charge in [-0.15, -0.1) is 0 Å². The predicted octanol–water partition coefficient (Wildman–Crippen LogP) is 2.54. The van der Waals surface area contributed by atoms with Gasteiger partial charge < -0.3 is 10.4 Å². The molecule has 1 saturated carbocycles. The highest BCUT2D eigenvalue weighted by Gasteiger charge is 2.37. The predicted molar refractivity (Wildman–Crippen MR) is 75.8 cm³/mol. The van der Waals surface area contributed by atoms with Gasteiger partial charge in [0.1, 0.15) is 6.04 Å². The third kappa shape index (κ3) is 3.14. The highest BCUT2D eigenvalue weighted by Crippen LogP contribution is 2.33. The van der Waals surface area contributed by atoms with Gasteiger partial charge in [-0.2, -0.15) is 0 Å². The first-order valence-corrected chi connectivity index (χ1v) is 6.93. The molecule has 1 aliphatic carbocycles. The lowest BCUT2D eigenvalue weighted by molar-refractivity contribution is -0.139. The van der Waals surface area contributed by atoms with Crippen molar-refractivity contribution in [3.8, 4) is 0 Å². The third-order valence-corrected chi connectivity index (χ3v) is 3.99. The maximum Gasteiger partial charge on any atom is 0.326 e. The molecule has 2 rings (SSSR count). The molecule has 0 spiro atoms. The van der Waals surface area contributed by atoms with E-state index in [4.69, 9.17) is 16.7 Å². The molecule has 0 saturated heterocycles. The summed E-state index contributed by atoms with van der Waals surface area (Å²) in [5.41, 5.74) is 0.412. The second-order valence-electron chi connectivity index (χ2n) is 4.25. The minimum Gasteiger partial charge on any atom is -0.480 e. The second-order valence-corrected chi connectivity index (χ2v) is 5.85. The average molecular weight is 380 g/mol. The summed E-state index contributed by atoms with van der Waals surface area (Å²) in [6.07, 6.45) is 1.70. The number of nitrogens with one attached hydrogen (secondary N) is 1. The lowest BCUT2D eigenvalue weighted by Gasteiger charge is -2.14. The fraction of sp³-hybridized carbons (Fsp3) is 0.333. The molecular formula is C12H11ClINO3. The number of hydrogen-bond acceptors (Lipinski definition) is 2. The van der Waals surface area contributed by atoms with Crippen molar-refractivity contribution in [3.05, 3.63) is 32.4 Å². The van der Waals surface area contributed by atoms with Gasteiger partial charge in [0.2, 0.25) is 0 Å². The van der Waals surface area contributed by atoms with Crippen molar-refractivity contribution in [2.24, 2.45) is 5.92 Å². The number of carboxylic acids is 1. The van der Waals surface area contributed by atoms with E-state index in [2.05, 4.69) is 5.32 Å². The minimum atomic E-state index is -0.983. The summed E-state index contributed by atoms with van der Waals surface area (Å²) in [5, 5.41) is 12.1. The van der Waals surface area contributed by atoms with Gasteiger partial charge in [-0.3, -0.25) is 4.79 Å². The number of carbonyl (C=O) groups excluding carboxylic acids is 1. The second kappa shape index (κ2) is 5.44. The number of rotatable bonds is 4. The molecule has 1 aliphatic rings. The molecule has 6 heteroatoms. The zero-order valence-electron chi connectivity index (χ0n) is 9.32. The van der Waals surface area contributed by atoms with Crippen molar-refractivity contribution in [2.45, 2.75) is 18.9 Å². The number of carbonyl (C=O) groups is 2. The van der Waals surface area contributed by atoms with Crippen LogP contribution in [0.2, 0.25) is 5.02 Å². The third-order valence-electron chi connectivity index (χ3n) is 2.82. The molecule has 4 nitrogen and oxygen atoms in total. The van der Waals surface area contributed by atoms with E-state index < -0.39 is 12.0 Å². The molecule has 1 aromatic carbocycles. The molecule has 96 valence electrons. The van der Waals surface area contributed by atoms with E-state index in [1.807, 2.05) is 22.6 Å². The summed E-state index contributed by atoms with van der Waals surface area (Å²) in [6.45, 7) is 0. The van der Waals surface area contributed by atoms with Gasteiger partial charge in [0, 0.05) is 8.59 Å². The van der Waals surface area contributed by atoms with Crippen molar-refractivity contribution >= 4 is 46.1 Å². The van der Waals surface area contributed by atoms with Gasteiger partial charge in [-0.25, -0.2) is 4.79 Å². The zero-order chi connectivity index (χ0) is 13.3. The number of carboxylic acid groups (broad SMARTS) is 1. The molecule has 1 unspecified atom stereocenters. The van der Waals surface area contributed by atoms with Gasteiger partial charge >= 0.3 is 5.97 Å². The molecule has 1 atom stereocenters. The van der Waals surface area contributed by atoms with Gasteiger partial charge in [0.15, 0.2) is 0 Å². The molecule has 0 radical (unpaired) electrons. The number of aliphatic carboxylic acids is 1. The summed E-state index contributed by atoms with van der Waals surface area (Å²) in [4.78, 5) is 23.1. The van der Waals surface area contributed by atoms with E-state index in [9.17, 15) is 9.59 Å². The van der Waals surface area contributed by atoms with E-state index in [1.165, 1.54) is 0 Å². The van der Waals surface area contributed by atoms with Gasteiger partial charge in [-0.05, 0) is 59.5 Å². The quantitative estimate of drug-likeness (QED) is 0.790. The number of benzene rings is 1. The van der Waals surface area contributed by atoms with Crippen molar-refractivity contribution in [3.63, 3.8) is 0 Å². The Morgan fingerprint density at radius 2 is 2.11 bits per heavy atom. The van der Waals surface area contributed by atoms with E-state index in [0.717, 1.165) is 16.4 Å². The van der Waals surface area contributed by atoms with Crippen LogP contribution < -0.4 is 5.32 Å². The molecule has 0 aromatic heterocycles. The Morgan fingerprint density at radius 3 is 2.67 bits per heavy atom. The molecule has 0 heterocycles. The van der Waals surface area contributed by atoms with Crippen LogP contribution in [-0.2, 0) is 4.79 Å². The largest absolute Gasteiger partial charge is 0.480 e. The van der Waals surface area contributed by atoms with E-state index >= 15 is 0 Å². The molecule has 18 heavy (non-hydrogen) atoms. The summed E-state index contributed by atoms with van der Waals surface area (Å²) < 4.78 is 0.745. The Morgan fingerprint density at radius 1 is 1.44 bits per heavy atom. The normalized spacial score (nSPS) is 16.1. The van der Waals surface area contributed by atoms with Crippen molar-refractivity contribution < 1.29 is 14.7 Å². The summed E-state index contributed by atoms with van der Waals surface area (Å²) in [5.74, 6) is -1.31. The number of amides is 1. The number of hydrogen-bond donors (Lipinski definition) is 2. The Kier molecular flexibility index (Phi) is 4.11. The maximum atomic E-state index is 12.0. The Balaban J connectivity index is 2.15. The van der Waals surface area contributed by atoms with Crippen LogP contribution in [0, 0.1) is 9.49 Å². The Bertz CT molecular complexity index is 502. The van der Waals surface area contributed by atoms with Crippen LogP contribution in [0.3, 0.4) is 0 Å². The topological polar surface area (TPSA) is 66.4 Å². The molecule has 2 N–H and O–H groups in total. The highest BCUT2D eigenvalue weighted by atomic mass is 127. The van der Waals surface area contributed by atoms with E-state index in [-0.39, 0.29) is 11.8 Å². The molecule has 0 bridgehead atoms. The van der Waals surface area contributed by atoms with Crippen LogP contribution in [0.15, 0.2) is 18.2 Å². The molecule has 1 fully saturated rings. The van der Waals surface area contributed by atoms with E-state index in [1.54, 1.807) is 18.2 Å². The zero-order valence-corrected chi connectivity index (χ0v) is 12.2. The fourth-order valence-corrected chi connectivity index (χ4v) is 2.45. The molecule has 0 aliphatic heterocycles. The fourth-order valence-electron chi connectivity index (χ4n) is 1.70. The summed E-state index contributed by atoms with van der Waals surface area (Å²) in [7, 11) is 0. The molecule has 1 aromatic rings. The molecule has 1 amide bonds. The lowest BCUT2D eigenvalue weighted by Crippen LogP contribution is -2.42. The van der Waals surface area contributed by atoms with Crippen molar-refractivity contribution in [1.29, 1.82) is 0 Å². The Hall–Kier alpha value is -0.820. The van der Waals surface area contributed by atoms with Crippen LogP contribution in [0.4, 0.5) is 0 Å². The highest BCUT2D eigenvalue weighted by molar-refractivity contribution is 14.1. The molecular weight excluding hydrogens is 368 g/mol. The van der Waals surface area contributed by atoms with Crippen LogP contribution >= 0.6 is 34.2 Å². The van der Waals surface area contributed by atoms with Crippen molar-refractivity contribution in [1.82, 2.24) is 5.32 Å². The van der Waals surface area contributed by atoms with Gasteiger partial charge in [0.25, 0.3) is 5.91 Å². The standard InChI is InChI=1S/C12H11ClINO3/c13-7-3-4-9(14)8(5-7)11(16)15-10(12(17)18)6-1-2-6/h3-6,10H,1-2H2,(H,15,16)(H,17,18). The smallest absolute Gasteiger partial charge is 0.326 e. The van der Waals surface area contributed by atoms with Crippen LogP contribution in [0.25, 0.3) is 0 Å². The average Bonchev–Trinajstić information content (AvgIpc) is 3.12. The monoisotopic (exact) mass is 379 g/mol. The van der Waals surface area contributed by atoms with Crippen LogP contribution in [-0.4, -0.2) is 23.0 Å². The Labute approximate surface area is 123 Å². The van der Waals surface area contributed by atoms with Crippen molar-refractivity contribution in [2.75, 3.05) is 0 Å². The SMILES string of the molecule is O=C(NC(C(=O)O)C1CC1)c1cc(Cl)ccc1I. The first kappa shape index (κ1) is 13.6. The first-order valence-electron chi connectivity index (χ1n) is 5.48. The summed E-state index contributed by atoms with van der Waals surface area (Å²) >= 11 is 7.86.